The molecule has 3 aromatic rings. The van der Waals surface area contributed by atoms with Gasteiger partial charge in [-0.2, -0.15) is 13.2 Å². The summed E-state index contributed by atoms with van der Waals surface area (Å²) in [6, 6.07) is 16.6. The van der Waals surface area contributed by atoms with E-state index in [1.165, 1.54) is 18.1 Å². The molecule has 2 atom stereocenters. The summed E-state index contributed by atoms with van der Waals surface area (Å²) in [6.07, 6.45) is -0.117. The summed E-state index contributed by atoms with van der Waals surface area (Å²) in [4.78, 5) is 12.9. The van der Waals surface area contributed by atoms with Crippen molar-refractivity contribution in [3.05, 3.63) is 77.7 Å². The Morgan fingerprint density at radius 1 is 1.17 bits per heavy atom. The molecular formula is C28H35F3N4O5S. The van der Waals surface area contributed by atoms with E-state index >= 15 is 0 Å². The summed E-state index contributed by atoms with van der Waals surface area (Å²) < 4.78 is 67.4. The number of aliphatic carboxylic acids is 1. The number of alkyl halides is 3. The highest BCUT2D eigenvalue weighted by molar-refractivity contribution is 7.89. The number of imidazole rings is 1. The van der Waals surface area contributed by atoms with Crippen molar-refractivity contribution in [1.82, 2.24) is 19.6 Å². The number of carbonyl (C=O) groups is 1. The number of sulfonamides is 1. The normalized spacial score (nSPS) is 16.9. The molecular weight excluding hydrogens is 561 g/mol. The van der Waals surface area contributed by atoms with E-state index in [0.29, 0.717) is 12.5 Å². The fourth-order valence-electron chi connectivity index (χ4n) is 4.30. The molecule has 1 aliphatic heterocycles. The van der Waals surface area contributed by atoms with Crippen LogP contribution >= 0.6 is 0 Å². The lowest BCUT2D eigenvalue weighted by Gasteiger charge is -2.35. The van der Waals surface area contributed by atoms with Gasteiger partial charge in [-0.1, -0.05) is 56.3 Å². The maximum atomic E-state index is 12.6. The molecule has 0 saturated carbocycles. The third kappa shape index (κ3) is 9.58. The van der Waals surface area contributed by atoms with Crippen LogP contribution in [0.5, 0.6) is 5.75 Å². The van der Waals surface area contributed by atoms with Gasteiger partial charge in [-0.25, -0.2) is 22.9 Å². The molecule has 3 N–H and O–H groups in total. The number of hydrogen-bond acceptors (Lipinski definition) is 6. The zero-order valence-electron chi connectivity index (χ0n) is 23.1. The SMILES string of the molecule is CC(C)CCNC1COc2ccc(CNS(=O)(=O)c3cn(C)cn3)cc2C1Cc1ccccc1.O=C(O)C(F)(F)F. The van der Waals surface area contributed by atoms with Gasteiger partial charge in [0.2, 0.25) is 0 Å². The third-order valence-corrected chi connectivity index (χ3v) is 7.76. The van der Waals surface area contributed by atoms with E-state index in [-0.39, 0.29) is 23.5 Å². The van der Waals surface area contributed by atoms with E-state index < -0.39 is 22.2 Å². The first-order chi connectivity index (χ1) is 19.3. The van der Waals surface area contributed by atoms with Gasteiger partial charge in [0.1, 0.15) is 12.4 Å². The standard InChI is InChI=1S/C26H34N4O3S.C2HF3O2/c1-19(2)11-12-27-24-17-33-25-10-9-21(15-29-34(31,32)26-16-30(3)18-28-26)14-23(25)22(24)13-20-7-5-4-6-8-20;3-2(4,5)1(6)7/h4-10,14,16,18-19,22,24,27,29H,11-13,15,17H2,1-3H3;(H,6,7). The van der Waals surface area contributed by atoms with Crippen LogP contribution in [0.4, 0.5) is 13.2 Å². The quantitative estimate of drug-likeness (QED) is 0.320. The maximum absolute atomic E-state index is 12.6. The molecule has 0 aliphatic carbocycles. The Hall–Kier alpha value is -3.42. The number of benzene rings is 2. The number of carboxylic acid groups (broad SMARTS) is 1. The van der Waals surface area contributed by atoms with Crippen molar-refractivity contribution in [2.75, 3.05) is 13.2 Å². The van der Waals surface area contributed by atoms with Crippen LogP contribution in [0.3, 0.4) is 0 Å². The second-order valence-electron chi connectivity index (χ2n) is 10.2. The van der Waals surface area contributed by atoms with Crippen molar-refractivity contribution < 1.29 is 36.2 Å². The van der Waals surface area contributed by atoms with Crippen molar-refractivity contribution in [2.24, 2.45) is 13.0 Å². The van der Waals surface area contributed by atoms with Crippen molar-refractivity contribution >= 4 is 16.0 Å². The van der Waals surface area contributed by atoms with Crippen molar-refractivity contribution in [3.63, 3.8) is 0 Å². The first kappa shape index (κ1) is 32.1. The molecule has 9 nitrogen and oxygen atoms in total. The molecule has 1 aliphatic rings. The Labute approximate surface area is 237 Å². The van der Waals surface area contributed by atoms with Gasteiger partial charge in [0.15, 0.2) is 5.03 Å². The third-order valence-electron chi connectivity index (χ3n) is 6.47. The molecule has 224 valence electrons. The maximum Gasteiger partial charge on any atom is 0.490 e. The number of hydrogen-bond donors (Lipinski definition) is 3. The number of ether oxygens (including phenoxy) is 1. The highest BCUT2D eigenvalue weighted by atomic mass is 32.2. The number of fused-ring (bicyclic) bond motifs is 1. The topological polar surface area (TPSA) is 123 Å². The van der Waals surface area contributed by atoms with Crippen LogP contribution in [0.1, 0.15) is 42.9 Å². The smallest absolute Gasteiger partial charge is 0.490 e. The fraction of sp³-hybridized carbons (Fsp3) is 0.429. The number of aryl methyl sites for hydroxylation is 1. The van der Waals surface area contributed by atoms with Crippen molar-refractivity contribution in [1.29, 1.82) is 0 Å². The van der Waals surface area contributed by atoms with Gasteiger partial charge in [0.25, 0.3) is 10.0 Å². The lowest BCUT2D eigenvalue weighted by molar-refractivity contribution is -0.192. The van der Waals surface area contributed by atoms with E-state index in [9.17, 15) is 21.6 Å². The fourth-order valence-corrected chi connectivity index (χ4v) is 5.30. The van der Waals surface area contributed by atoms with Gasteiger partial charge in [0, 0.05) is 31.7 Å². The molecule has 4 rings (SSSR count). The van der Waals surface area contributed by atoms with Gasteiger partial charge in [-0.15, -0.1) is 0 Å². The highest BCUT2D eigenvalue weighted by Gasteiger charge is 2.38. The van der Waals surface area contributed by atoms with E-state index in [0.717, 1.165) is 36.3 Å². The van der Waals surface area contributed by atoms with E-state index in [4.69, 9.17) is 14.6 Å². The minimum absolute atomic E-state index is 0.0210. The lowest BCUT2D eigenvalue weighted by Crippen LogP contribution is -2.44. The Balaban J connectivity index is 0.000000587. The second kappa shape index (κ2) is 14.0. The summed E-state index contributed by atoms with van der Waals surface area (Å²) in [5.74, 6) is -1.02. The van der Waals surface area contributed by atoms with Crippen LogP contribution < -0.4 is 14.8 Å². The van der Waals surface area contributed by atoms with Crippen LogP contribution in [0.2, 0.25) is 0 Å². The largest absolute Gasteiger partial charge is 0.492 e. The van der Waals surface area contributed by atoms with E-state index in [1.54, 1.807) is 11.6 Å². The van der Waals surface area contributed by atoms with Gasteiger partial charge < -0.3 is 19.7 Å². The van der Waals surface area contributed by atoms with Crippen molar-refractivity contribution in [2.45, 2.75) is 56.4 Å². The van der Waals surface area contributed by atoms with Crippen LogP contribution in [0, 0.1) is 5.92 Å². The molecule has 2 heterocycles. The summed E-state index contributed by atoms with van der Waals surface area (Å²) in [7, 11) is -1.93. The zero-order chi connectivity index (χ0) is 30.2. The first-order valence-electron chi connectivity index (χ1n) is 13.1. The molecule has 0 bridgehead atoms. The Kier molecular flexibility index (Phi) is 10.9. The molecule has 0 spiro atoms. The number of nitrogens with one attached hydrogen (secondary N) is 2. The number of nitrogens with zero attached hydrogens (tertiary/aromatic N) is 2. The minimum Gasteiger partial charge on any atom is -0.492 e. The van der Waals surface area contributed by atoms with Crippen LogP contribution in [0.25, 0.3) is 0 Å². The summed E-state index contributed by atoms with van der Waals surface area (Å²) in [6.45, 7) is 6.21. The molecule has 2 aromatic carbocycles. The highest BCUT2D eigenvalue weighted by Crippen LogP contribution is 2.37. The molecule has 0 radical (unpaired) electrons. The number of halogens is 3. The van der Waals surface area contributed by atoms with Gasteiger partial charge in [0.05, 0.1) is 6.33 Å². The molecule has 2 unspecified atom stereocenters. The van der Waals surface area contributed by atoms with Gasteiger partial charge in [-0.3, -0.25) is 0 Å². The van der Waals surface area contributed by atoms with E-state index in [2.05, 4.69) is 59.2 Å². The summed E-state index contributed by atoms with van der Waals surface area (Å²) in [5, 5.41) is 10.9. The average Bonchev–Trinajstić information content (AvgIpc) is 3.36. The van der Waals surface area contributed by atoms with Crippen LogP contribution in [-0.4, -0.2) is 54.4 Å². The number of aromatic nitrogens is 2. The lowest BCUT2D eigenvalue weighted by atomic mass is 9.83. The molecule has 41 heavy (non-hydrogen) atoms. The van der Waals surface area contributed by atoms with Crippen molar-refractivity contribution in [3.8, 4) is 5.75 Å². The predicted octanol–water partition coefficient (Wildman–Crippen LogP) is 4.25. The minimum atomic E-state index is -5.08. The Morgan fingerprint density at radius 3 is 2.44 bits per heavy atom. The summed E-state index contributed by atoms with van der Waals surface area (Å²) in [5.41, 5.74) is 3.28. The monoisotopic (exact) mass is 596 g/mol. The van der Waals surface area contributed by atoms with Gasteiger partial charge in [-0.05, 0) is 48.1 Å². The molecule has 0 saturated heterocycles. The molecule has 1 aromatic heterocycles. The van der Waals surface area contributed by atoms with Gasteiger partial charge >= 0.3 is 12.1 Å². The molecule has 0 amide bonds. The second-order valence-corrected chi connectivity index (χ2v) is 11.9. The summed E-state index contributed by atoms with van der Waals surface area (Å²) >= 11 is 0. The number of rotatable bonds is 10. The van der Waals surface area contributed by atoms with Crippen LogP contribution in [-0.2, 0) is 34.8 Å². The molecule has 13 heteroatoms. The first-order valence-corrected chi connectivity index (χ1v) is 14.5. The van der Waals surface area contributed by atoms with Crippen LogP contribution in [0.15, 0.2) is 66.1 Å². The number of carboxylic acids is 1. The predicted molar refractivity (Wildman–Crippen MR) is 147 cm³/mol. The Morgan fingerprint density at radius 2 is 1.85 bits per heavy atom. The average molecular weight is 597 g/mol. The molecule has 0 fully saturated rings. The van der Waals surface area contributed by atoms with E-state index in [1.807, 2.05) is 18.2 Å². The Bertz CT molecular complexity index is 1400. The zero-order valence-corrected chi connectivity index (χ0v) is 23.9.